The molecule has 40 heavy (non-hydrogen) atoms. The van der Waals surface area contributed by atoms with E-state index >= 15 is 0 Å². The first-order valence-corrected chi connectivity index (χ1v) is 13.7. The monoisotopic (exact) mass is 570 g/mol. The van der Waals surface area contributed by atoms with Crippen LogP contribution >= 0.6 is 0 Å². The Morgan fingerprint density at radius 2 is 1.48 bits per heavy atom. The third-order valence-electron chi connectivity index (χ3n) is 5.37. The summed E-state index contributed by atoms with van der Waals surface area (Å²) in [5.74, 6) is 0.847. The Morgan fingerprint density at radius 3 is 2.08 bits per heavy atom. The van der Waals surface area contributed by atoms with Crippen LogP contribution in [0, 0.1) is 0 Å². The first kappa shape index (κ1) is 29.8. The van der Waals surface area contributed by atoms with Gasteiger partial charge in [-0.05, 0) is 66.2 Å². The Balaban J connectivity index is 1.53. The van der Waals surface area contributed by atoms with Crippen molar-refractivity contribution in [3.8, 4) is 23.0 Å². The fourth-order valence-electron chi connectivity index (χ4n) is 3.39. The van der Waals surface area contributed by atoms with Gasteiger partial charge in [-0.25, -0.2) is 13.8 Å². The van der Waals surface area contributed by atoms with Gasteiger partial charge < -0.3 is 24.3 Å². The smallest absolute Gasteiger partial charge is 0.262 e. The minimum atomic E-state index is -3.83. The third kappa shape index (κ3) is 8.63. The number of carbonyl (C=O) groups is 2. The quantitative estimate of drug-likeness (QED) is 0.236. The first-order valence-electron chi connectivity index (χ1n) is 11.8. The Kier molecular flexibility index (Phi) is 10.3. The van der Waals surface area contributed by atoms with E-state index in [-0.39, 0.29) is 24.0 Å². The molecule has 0 spiro atoms. The molecule has 13 heteroatoms. The Morgan fingerprint density at radius 1 is 0.850 bits per heavy atom. The van der Waals surface area contributed by atoms with Gasteiger partial charge in [0, 0.05) is 11.8 Å². The lowest BCUT2D eigenvalue weighted by Gasteiger charge is -2.23. The van der Waals surface area contributed by atoms with Crippen LogP contribution in [0.5, 0.6) is 23.0 Å². The van der Waals surface area contributed by atoms with Crippen LogP contribution in [-0.2, 0) is 19.6 Å². The molecule has 0 aliphatic carbocycles. The summed E-state index contributed by atoms with van der Waals surface area (Å²) in [4.78, 5) is 24.6. The van der Waals surface area contributed by atoms with Crippen molar-refractivity contribution in [2.75, 3.05) is 50.4 Å². The molecule has 0 saturated heterocycles. The number of sulfonamides is 1. The lowest BCUT2D eigenvalue weighted by atomic mass is 10.2. The lowest BCUT2D eigenvalue weighted by molar-refractivity contribution is -0.119. The maximum Gasteiger partial charge on any atom is 0.262 e. The number of carbonyl (C=O) groups excluding carboxylic acids is 2. The Bertz CT molecular complexity index is 1440. The summed E-state index contributed by atoms with van der Waals surface area (Å²) in [5.41, 5.74) is 3.74. The number of hydrazone groups is 1. The number of methoxy groups -OCH3 is 3. The highest BCUT2D eigenvalue weighted by Gasteiger charge is 2.24. The molecule has 12 nitrogen and oxygen atoms in total. The normalized spacial score (nSPS) is 11.0. The minimum absolute atomic E-state index is 0.179. The molecule has 0 unspecified atom stereocenters. The van der Waals surface area contributed by atoms with Crippen molar-refractivity contribution < 1.29 is 37.0 Å². The molecule has 3 aromatic carbocycles. The number of amides is 2. The first-order chi connectivity index (χ1) is 19.1. The van der Waals surface area contributed by atoms with Crippen molar-refractivity contribution >= 4 is 39.4 Å². The number of anilines is 2. The highest BCUT2D eigenvalue weighted by atomic mass is 32.2. The summed E-state index contributed by atoms with van der Waals surface area (Å²) in [6, 6.07) is 18.1. The number of hydrogen-bond acceptors (Lipinski definition) is 9. The zero-order valence-electron chi connectivity index (χ0n) is 22.4. The molecule has 3 rings (SSSR count). The Labute approximate surface area is 232 Å². The van der Waals surface area contributed by atoms with Crippen LogP contribution in [0.4, 0.5) is 11.4 Å². The van der Waals surface area contributed by atoms with Crippen LogP contribution in [0.25, 0.3) is 0 Å². The average molecular weight is 571 g/mol. The lowest BCUT2D eigenvalue weighted by Crippen LogP contribution is -2.39. The number of rotatable bonds is 13. The molecule has 0 heterocycles. The van der Waals surface area contributed by atoms with Gasteiger partial charge in [0.15, 0.2) is 6.61 Å². The number of ether oxygens (including phenoxy) is 4. The van der Waals surface area contributed by atoms with Gasteiger partial charge in [0.1, 0.15) is 29.5 Å². The number of hydrogen-bond donors (Lipinski definition) is 2. The van der Waals surface area contributed by atoms with Gasteiger partial charge in [-0.1, -0.05) is 0 Å². The van der Waals surface area contributed by atoms with Gasteiger partial charge >= 0.3 is 0 Å². The van der Waals surface area contributed by atoms with Gasteiger partial charge in [0.05, 0.1) is 39.5 Å². The fourth-order valence-corrected chi connectivity index (χ4v) is 4.25. The molecule has 212 valence electrons. The van der Waals surface area contributed by atoms with Crippen molar-refractivity contribution in [1.82, 2.24) is 5.43 Å². The van der Waals surface area contributed by atoms with Gasteiger partial charge in [0.2, 0.25) is 10.0 Å². The van der Waals surface area contributed by atoms with Gasteiger partial charge in [0.25, 0.3) is 11.8 Å². The summed E-state index contributed by atoms with van der Waals surface area (Å²) in [5, 5.41) is 6.62. The van der Waals surface area contributed by atoms with E-state index in [1.807, 2.05) is 0 Å². The van der Waals surface area contributed by atoms with Crippen molar-refractivity contribution in [1.29, 1.82) is 0 Å². The van der Waals surface area contributed by atoms with Crippen LogP contribution in [0.2, 0.25) is 0 Å². The summed E-state index contributed by atoms with van der Waals surface area (Å²) in [6.07, 6.45) is 2.37. The zero-order chi connectivity index (χ0) is 29.1. The molecule has 2 amide bonds. The van der Waals surface area contributed by atoms with Crippen molar-refractivity contribution in [3.05, 3.63) is 72.3 Å². The second-order valence-electron chi connectivity index (χ2n) is 8.23. The maximum atomic E-state index is 12.5. The predicted octanol–water partition coefficient (Wildman–Crippen LogP) is 2.65. The Hall–Kier alpha value is -4.78. The molecule has 2 N–H and O–H groups in total. The molecule has 0 aromatic heterocycles. The number of nitrogens with one attached hydrogen (secondary N) is 2. The highest BCUT2D eigenvalue weighted by Crippen LogP contribution is 2.33. The largest absolute Gasteiger partial charge is 0.497 e. The second-order valence-corrected chi connectivity index (χ2v) is 10.1. The minimum Gasteiger partial charge on any atom is -0.497 e. The molecule has 0 atom stereocenters. The third-order valence-corrected chi connectivity index (χ3v) is 6.50. The van der Waals surface area contributed by atoms with Crippen LogP contribution in [-0.4, -0.2) is 67.2 Å². The van der Waals surface area contributed by atoms with Crippen LogP contribution in [0.15, 0.2) is 71.8 Å². The van der Waals surface area contributed by atoms with E-state index in [0.29, 0.717) is 28.5 Å². The summed E-state index contributed by atoms with van der Waals surface area (Å²) >= 11 is 0. The fraction of sp³-hybridized carbons (Fsp3) is 0.222. The highest BCUT2D eigenvalue weighted by molar-refractivity contribution is 7.92. The van der Waals surface area contributed by atoms with Crippen LogP contribution in [0.1, 0.15) is 5.56 Å². The molecule has 0 aliphatic rings. The standard InChI is InChI=1S/C27H30N4O8S/c1-36-21-11-7-20(8-12-21)29-27(33)18-39-22-9-5-19(6-10-22)16-28-30-26(32)17-31(40(4,34)35)24-14-13-23(37-2)15-25(24)38-3/h5-16H,17-18H2,1-4H3,(H,29,33)(H,30,32)/b28-16-. The zero-order valence-corrected chi connectivity index (χ0v) is 23.2. The van der Waals surface area contributed by atoms with E-state index in [9.17, 15) is 18.0 Å². The maximum absolute atomic E-state index is 12.5. The molecule has 0 radical (unpaired) electrons. The topological polar surface area (TPSA) is 145 Å². The molecule has 0 fully saturated rings. The molecule has 3 aromatic rings. The van der Waals surface area contributed by atoms with E-state index in [1.54, 1.807) is 61.7 Å². The summed E-state index contributed by atoms with van der Waals surface area (Å²) < 4.78 is 46.7. The number of benzene rings is 3. The van der Waals surface area contributed by atoms with Gasteiger partial charge in [-0.15, -0.1) is 0 Å². The summed E-state index contributed by atoms with van der Waals surface area (Å²) in [6.45, 7) is -0.713. The molecule has 0 saturated carbocycles. The van der Waals surface area contributed by atoms with Crippen molar-refractivity contribution in [2.24, 2.45) is 5.10 Å². The van der Waals surface area contributed by atoms with E-state index < -0.39 is 22.5 Å². The van der Waals surface area contributed by atoms with Crippen molar-refractivity contribution in [2.45, 2.75) is 0 Å². The summed E-state index contributed by atoms with van der Waals surface area (Å²) in [7, 11) is 0.591. The van der Waals surface area contributed by atoms with E-state index in [2.05, 4.69) is 15.8 Å². The van der Waals surface area contributed by atoms with Crippen LogP contribution < -0.4 is 34.0 Å². The van der Waals surface area contributed by atoms with Crippen LogP contribution in [0.3, 0.4) is 0 Å². The average Bonchev–Trinajstić information content (AvgIpc) is 2.95. The SMILES string of the molecule is COc1ccc(NC(=O)COc2ccc(/C=N\NC(=O)CN(c3ccc(OC)cc3OC)S(C)(=O)=O)cc2)cc1. The van der Waals surface area contributed by atoms with E-state index in [0.717, 1.165) is 10.6 Å². The van der Waals surface area contributed by atoms with Gasteiger partial charge in [-0.2, -0.15) is 5.10 Å². The second kappa shape index (κ2) is 13.8. The predicted molar refractivity (Wildman–Crippen MR) is 151 cm³/mol. The molecular weight excluding hydrogens is 540 g/mol. The molecule has 0 bridgehead atoms. The number of nitrogens with zero attached hydrogens (tertiary/aromatic N) is 2. The van der Waals surface area contributed by atoms with E-state index in [4.69, 9.17) is 18.9 Å². The van der Waals surface area contributed by atoms with E-state index in [1.165, 1.54) is 32.6 Å². The molecule has 0 aliphatic heterocycles. The van der Waals surface area contributed by atoms with Crippen molar-refractivity contribution in [3.63, 3.8) is 0 Å². The molecular formula is C27H30N4O8S. The van der Waals surface area contributed by atoms with Gasteiger partial charge in [-0.3, -0.25) is 13.9 Å².